The van der Waals surface area contributed by atoms with Gasteiger partial charge in [0.25, 0.3) is 0 Å². The molecule has 0 spiro atoms. The maximum Gasteiger partial charge on any atom is 0.153 e. The van der Waals surface area contributed by atoms with Crippen LogP contribution in [-0.4, -0.2) is 0 Å². The van der Waals surface area contributed by atoms with Crippen LogP contribution in [0, 0.1) is 0 Å². The van der Waals surface area contributed by atoms with Crippen molar-refractivity contribution >= 4 is 34.2 Å². The van der Waals surface area contributed by atoms with Crippen LogP contribution in [0.1, 0.15) is 0 Å². The first-order valence-electron chi connectivity index (χ1n) is 5.18. The molecular weight excluding hydrogens is 255 g/mol. The summed E-state index contributed by atoms with van der Waals surface area (Å²) in [5.41, 5.74) is 1.70. The van der Waals surface area contributed by atoms with Crippen molar-refractivity contribution in [3.63, 3.8) is 0 Å². The van der Waals surface area contributed by atoms with Crippen LogP contribution in [0.4, 0.5) is 0 Å². The summed E-state index contributed by atoms with van der Waals surface area (Å²) in [6.07, 6.45) is 0. The first kappa shape index (κ1) is 10.7. The average molecular weight is 263 g/mol. The molecule has 0 aliphatic heterocycles. The monoisotopic (exact) mass is 262 g/mol. The third kappa shape index (κ3) is 1.92. The predicted molar refractivity (Wildman–Crippen MR) is 71.7 cm³/mol. The highest BCUT2D eigenvalue weighted by molar-refractivity contribution is 6.38. The Morgan fingerprint density at radius 1 is 0.882 bits per heavy atom. The minimum Gasteiger partial charge on any atom is -0.455 e. The van der Waals surface area contributed by atoms with Gasteiger partial charge in [-0.3, -0.25) is 0 Å². The lowest BCUT2D eigenvalue weighted by Gasteiger charge is -1.94. The van der Waals surface area contributed by atoms with Crippen molar-refractivity contribution in [1.82, 2.24) is 0 Å². The lowest BCUT2D eigenvalue weighted by atomic mass is 10.1. The van der Waals surface area contributed by atoms with Crippen molar-refractivity contribution in [1.29, 1.82) is 0 Å². The Morgan fingerprint density at radius 2 is 1.65 bits per heavy atom. The van der Waals surface area contributed by atoms with Crippen LogP contribution in [0.3, 0.4) is 0 Å². The van der Waals surface area contributed by atoms with Gasteiger partial charge in [0.15, 0.2) is 5.58 Å². The van der Waals surface area contributed by atoms with Crippen LogP contribution in [-0.2, 0) is 0 Å². The minimum atomic E-state index is 0.537. The Balaban J connectivity index is 2.24. The number of benzene rings is 2. The highest BCUT2D eigenvalue weighted by Crippen LogP contribution is 2.34. The summed E-state index contributed by atoms with van der Waals surface area (Å²) in [7, 11) is 0. The van der Waals surface area contributed by atoms with E-state index in [-0.39, 0.29) is 0 Å². The normalized spacial score (nSPS) is 10.9. The predicted octanol–water partition coefficient (Wildman–Crippen LogP) is 5.41. The molecule has 1 nitrogen and oxygen atoms in total. The van der Waals surface area contributed by atoms with Crippen molar-refractivity contribution < 1.29 is 4.42 Å². The fraction of sp³-hybridized carbons (Fsp3) is 0. The Kier molecular flexibility index (Phi) is 2.58. The molecule has 0 bridgehead atoms. The highest BCUT2D eigenvalue weighted by atomic mass is 35.5. The number of hydrogen-bond donors (Lipinski definition) is 0. The summed E-state index contributed by atoms with van der Waals surface area (Å²) in [5, 5.41) is 2.07. The van der Waals surface area contributed by atoms with Gasteiger partial charge in [-0.1, -0.05) is 53.5 Å². The Bertz CT molecular complexity index is 671. The molecule has 0 saturated heterocycles. The molecule has 1 heterocycles. The quantitative estimate of drug-likeness (QED) is 0.572. The molecule has 1 aromatic heterocycles. The topological polar surface area (TPSA) is 13.1 Å². The van der Waals surface area contributed by atoms with Crippen molar-refractivity contribution in [2.45, 2.75) is 0 Å². The van der Waals surface area contributed by atoms with E-state index in [0.717, 1.165) is 16.7 Å². The molecule has 0 unspecified atom stereocenters. The van der Waals surface area contributed by atoms with Gasteiger partial charge in [-0.15, -0.1) is 0 Å². The molecule has 84 valence electrons. The van der Waals surface area contributed by atoms with Crippen LogP contribution in [0.25, 0.3) is 22.3 Å². The highest BCUT2D eigenvalue weighted by Gasteiger charge is 2.09. The zero-order valence-electron chi connectivity index (χ0n) is 8.78. The molecule has 0 saturated carbocycles. The number of fused-ring (bicyclic) bond motifs is 1. The van der Waals surface area contributed by atoms with E-state index >= 15 is 0 Å². The summed E-state index contributed by atoms with van der Waals surface area (Å²) in [6, 6.07) is 15.4. The van der Waals surface area contributed by atoms with Gasteiger partial charge in [0, 0.05) is 16.0 Å². The molecule has 0 radical (unpaired) electrons. The van der Waals surface area contributed by atoms with E-state index in [1.54, 1.807) is 6.07 Å². The molecule has 0 amide bonds. The van der Waals surface area contributed by atoms with Gasteiger partial charge in [0.05, 0.1) is 5.02 Å². The second kappa shape index (κ2) is 4.10. The summed E-state index contributed by atoms with van der Waals surface area (Å²) < 4.78 is 5.75. The van der Waals surface area contributed by atoms with Gasteiger partial charge in [-0.25, -0.2) is 0 Å². The Labute approximate surface area is 109 Å². The number of hydrogen-bond acceptors (Lipinski definition) is 1. The standard InChI is InChI=1S/C14H8Cl2O/c15-11-6-10-7-13(9-4-2-1-3-5-9)17-14(10)12(16)8-11/h1-8H. The largest absolute Gasteiger partial charge is 0.455 e. The molecule has 0 fully saturated rings. The van der Waals surface area contributed by atoms with Crippen molar-refractivity contribution in [3.8, 4) is 11.3 Å². The molecule has 0 aliphatic carbocycles. The van der Waals surface area contributed by atoms with Gasteiger partial charge in [-0.2, -0.15) is 0 Å². The lowest BCUT2D eigenvalue weighted by Crippen LogP contribution is -1.69. The van der Waals surface area contributed by atoms with Crippen molar-refractivity contribution in [3.05, 3.63) is 58.6 Å². The van der Waals surface area contributed by atoms with E-state index in [4.69, 9.17) is 27.6 Å². The average Bonchev–Trinajstić information content (AvgIpc) is 2.74. The zero-order valence-corrected chi connectivity index (χ0v) is 10.3. The zero-order chi connectivity index (χ0) is 11.8. The van der Waals surface area contributed by atoms with Crippen LogP contribution in [0.2, 0.25) is 10.0 Å². The summed E-state index contributed by atoms with van der Waals surface area (Å²) >= 11 is 12.0. The van der Waals surface area contributed by atoms with Crippen molar-refractivity contribution in [2.75, 3.05) is 0 Å². The SMILES string of the molecule is Clc1cc(Cl)c2oc(-c3ccccc3)cc2c1. The number of rotatable bonds is 1. The number of furan rings is 1. The first-order valence-corrected chi connectivity index (χ1v) is 5.93. The third-order valence-electron chi connectivity index (χ3n) is 2.59. The molecule has 0 atom stereocenters. The maximum absolute atomic E-state index is 6.08. The smallest absolute Gasteiger partial charge is 0.153 e. The van der Waals surface area contributed by atoms with Gasteiger partial charge in [0.1, 0.15) is 5.76 Å². The third-order valence-corrected chi connectivity index (χ3v) is 3.09. The van der Waals surface area contributed by atoms with E-state index in [9.17, 15) is 0 Å². The fourth-order valence-corrected chi connectivity index (χ4v) is 2.37. The molecule has 0 aliphatic rings. The van der Waals surface area contributed by atoms with Crippen molar-refractivity contribution in [2.24, 2.45) is 0 Å². The van der Waals surface area contributed by atoms with Gasteiger partial charge in [0.2, 0.25) is 0 Å². The molecule has 3 aromatic rings. The summed E-state index contributed by atoms with van der Waals surface area (Å²) in [6.45, 7) is 0. The van der Waals surface area contributed by atoms with E-state index in [1.165, 1.54) is 0 Å². The van der Waals surface area contributed by atoms with E-state index in [1.807, 2.05) is 42.5 Å². The van der Waals surface area contributed by atoms with Crippen LogP contribution in [0.5, 0.6) is 0 Å². The van der Waals surface area contributed by atoms with Gasteiger partial charge < -0.3 is 4.42 Å². The second-order valence-electron chi connectivity index (χ2n) is 3.78. The molecular formula is C14H8Cl2O. The van der Waals surface area contributed by atoms with E-state index in [2.05, 4.69) is 0 Å². The van der Waals surface area contributed by atoms with E-state index < -0.39 is 0 Å². The van der Waals surface area contributed by atoms with Gasteiger partial charge >= 0.3 is 0 Å². The summed E-state index contributed by atoms with van der Waals surface area (Å²) in [4.78, 5) is 0. The molecule has 17 heavy (non-hydrogen) atoms. The maximum atomic E-state index is 6.08. The Hall–Kier alpha value is -1.44. The molecule has 3 rings (SSSR count). The van der Waals surface area contributed by atoms with Gasteiger partial charge in [-0.05, 0) is 18.2 Å². The second-order valence-corrected chi connectivity index (χ2v) is 4.63. The first-order chi connectivity index (χ1) is 8.24. The Morgan fingerprint density at radius 3 is 2.41 bits per heavy atom. The fourth-order valence-electron chi connectivity index (χ4n) is 1.82. The lowest BCUT2D eigenvalue weighted by molar-refractivity contribution is 0.631. The minimum absolute atomic E-state index is 0.537. The molecule has 0 N–H and O–H groups in total. The molecule has 3 heteroatoms. The van der Waals surface area contributed by atoms with Crippen LogP contribution in [0.15, 0.2) is 52.9 Å². The molecule has 2 aromatic carbocycles. The summed E-state index contributed by atoms with van der Waals surface area (Å²) in [5.74, 6) is 0.796. The van der Waals surface area contributed by atoms with Crippen LogP contribution < -0.4 is 0 Å². The van der Waals surface area contributed by atoms with Crippen LogP contribution >= 0.6 is 23.2 Å². The number of halogens is 2. The van der Waals surface area contributed by atoms with E-state index in [0.29, 0.717) is 15.6 Å².